The maximum absolute atomic E-state index is 5.54. The van der Waals surface area contributed by atoms with Gasteiger partial charge in [0.25, 0.3) is 0 Å². The highest BCUT2D eigenvalue weighted by atomic mass is 35.5. The highest BCUT2D eigenvalue weighted by Crippen LogP contribution is 2.05. The van der Waals surface area contributed by atoms with Gasteiger partial charge in [0.15, 0.2) is 0 Å². The lowest BCUT2D eigenvalue weighted by molar-refractivity contribution is 0.393. The van der Waals surface area contributed by atoms with Crippen LogP contribution in [0.3, 0.4) is 0 Å². The summed E-state index contributed by atoms with van der Waals surface area (Å²) in [4.78, 5) is 3.82. The van der Waals surface area contributed by atoms with Crippen LogP contribution in [0.4, 0.5) is 0 Å². The van der Waals surface area contributed by atoms with Crippen molar-refractivity contribution < 1.29 is 0 Å². The molecule has 0 aromatic rings. The minimum atomic E-state index is 0.454. The van der Waals surface area contributed by atoms with Gasteiger partial charge < -0.3 is 0 Å². The molecule has 0 bridgehead atoms. The Labute approximate surface area is 52.4 Å². The van der Waals surface area contributed by atoms with Crippen LogP contribution in [0.1, 0.15) is 0 Å². The number of hydrogen-bond acceptors (Lipinski definition) is 3. The van der Waals surface area contributed by atoms with Crippen LogP contribution in [-0.4, -0.2) is 17.9 Å². The van der Waals surface area contributed by atoms with Crippen LogP contribution in [-0.2, 0) is 0 Å². The third-order valence-corrected chi connectivity index (χ3v) is 1.17. The van der Waals surface area contributed by atoms with Gasteiger partial charge in [0.05, 0.1) is 0 Å². The van der Waals surface area contributed by atoms with Crippen molar-refractivity contribution >= 4 is 17.8 Å². The van der Waals surface area contributed by atoms with Crippen LogP contribution < -0.4 is 5.84 Å². The summed E-state index contributed by atoms with van der Waals surface area (Å²) in [6.45, 7) is 0.454. The van der Waals surface area contributed by atoms with Gasteiger partial charge in [-0.05, 0) is 6.08 Å². The lowest BCUT2D eigenvalue weighted by Gasteiger charge is -2.15. The standard InChI is InChI=1S/C4H6ClN3/c5-4-1-2-7-3-8(4)6/h1-2H,3,6H2. The molecule has 8 heavy (non-hydrogen) atoms. The van der Waals surface area contributed by atoms with E-state index >= 15 is 0 Å². The quantitative estimate of drug-likeness (QED) is 0.379. The zero-order valence-electron chi connectivity index (χ0n) is 4.21. The highest BCUT2D eigenvalue weighted by molar-refractivity contribution is 6.30. The Morgan fingerprint density at radius 3 is 3.00 bits per heavy atom. The summed E-state index contributed by atoms with van der Waals surface area (Å²) in [5.74, 6) is 5.30. The van der Waals surface area contributed by atoms with Crippen molar-refractivity contribution in [2.75, 3.05) is 6.67 Å². The molecule has 0 saturated carbocycles. The summed E-state index contributed by atoms with van der Waals surface area (Å²) in [6.07, 6.45) is 3.27. The van der Waals surface area contributed by atoms with Gasteiger partial charge in [-0.3, -0.25) is 10.0 Å². The Hall–Kier alpha value is -0.540. The molecule has 1 heterocycles. The summed E-state index contributed by atoms with van der Waals surface area (Å²) in [5.41, 5.74) is 0. The molecule has 0 atom stereocenters. The number of nitrogens with zero attached hydrogens (tertiary/aromatic N) is 2. The Morgan fingerprint density at radius 1 is 1.88 bits per heavy atom. The molecule has 44 valence electrons. The molecule has 1 rings (SSSR count). The fourth-order valence-electron chi connectivity index (χ4n) is 0.413. The van der Waals surface area contributed by atoms with E-state index in [1.54, 1.807) is 12.3 Å². The fourth-order valence-corrected chi connectivity index (χ4v) is 0.522. The molecule has 0 fully saturated rings. The number of hydrogen-bond donors (Lipinski definition) is 1. The number of halogens is 1. The first-order valence-corrected chi connectivity index (χ1v) is 2.56. The summed E-state index contributed by atoms with van der Waals surface area (Å²) < 4.78 is 0. The van der Waals surface area contributed by atoms with Gasteiger partial charge in [-0.15, -0.1) is 0 Å². The van der Waals surface area contributed by atoms with Crippen molar-refractivity contribution in [1.29, 1.82) is 0 Å². The molecule has 0 spiro atoms. The number of hydrazine groups is 1. The molecule has 0 radical (unpaired) electrons. The highest BCUT2D eigenvalue weighted by Gasteiger charge is 2.00. The van der Waals surface area contributed by atoms with Crippen LogP contribution in [0.15, 0.2) is 16.2 Å². The lowest BCUT2D eigenvalue weighted by atomic mass is 10.6. The van der Waals surface area contributed by atoms with Gasteiger partial charge in [-0.1, -0.05) is 11.6 Å². The minimum Gasteiger partial charge on any atom is -0.279 e. The summed E-state index contributed by atoms with van der Waals surface area (Å²) in [6, 6.07) is 0. The zero-order valence-corrected chi connectivity index (χ0v) is 4.97. The van der Waals surface area contributed by atoms with Crippen molar-refractivity contribution in [2.24, 2.45) is 10.8 Å². The molecule has 0 unspecified atom stereocenters. The third-order valence-electron chi connectivity index (χ3n) is 0.826. The molecule has 1 aliphatic rings. The van der Waals surface area contributed by atoms with Gasteiger partial charge >= 0.3 is 0 Å². The average Bonchev–Trinajstić information content (AvgIpc) is 1.77. The number of rotatable bonds is 0. The van der Waals surface area contributed by atoms with E-state index in [9.17, 15) is 0 Å². The maximum atomic E-state index is 5.54. The van der Waals surface area contributed by atoms with Gasteiger partial charge in [0.2, 0.25) is 0 Å². The Balaban J connectivity index is 2.66. The molecule has 4 heteroatoms. The van der Waals surface area contributed by atoms with E-state index in [1.165, 1.54) is 5.01 Å². The predicted octanol–water partition coefficient (Wildman–Crippen LogP) is 0.284. The number of allylic oxidation sites excluding steroid dienone is 1. The molecule has 2 N–H and O–H groups in total. The van der Waals surface area contributed by atoms with Gasteiger partial charge in [-0.2, -0.15) is 0 Å². The topological polar surface area (TPSA) is 41.6 Å². The molecular formula is C4H6ClN3. The summed E-state index contributed by atoms with van der Waals surface area (Å²) >= 11 is 5.54. The van der Waals surface area contributed by atoms with Crippen LogP contribution in [0, 0.1) is 0 Å². The van der Waals surface area contributed by atoms with E-state index in [0.29, 0.717) is 11.8 Å². The van der Waals surface area contributed by atoms with Crippen molar-refractivity contribution in [3.63, 3.8) is 0 Å². The van der Waals surface area contributed by atoms with Crippen LogP contribution in [0.5, 0.6) is 0 Å². The predicted molar refractivity (Wildman–Crippen MR) is 33.3 cm³/mol. The molecule has 3 nitrogen and oxygen atoms in total. The van der Waals surface area contributed by atoms with Crippen LogP contribution >= 0.6 is 11.6 Å². The maximum Gasteiger partial charge on any atom is 0.125 e. The molecule has 0 amide bonds. The largest absolute Gasteiger partial charge is 0.279 e. The second kappa shape index (κ2) is 2.15. The molecule has 0 aromatic carbocycles. The van der Waals surface area contributed by atoms with E-state index in [0.717, 1.165) is 0 Å². The molecule has 0 aliphatic carbocycles. The lowest BCUT2D eigenvalue weighted by Crippen LogP contribution is -2.29. The minimum absolute atomic E-state index is 0.454. The van der Waals surface area contributed by atoms with Crippen molar-refractivity contribution in [1.82, 2.24) is 5.01 Å². The first kappa shape index (κ1) is 5.59. The molecule has 0 aromatic heterocycles. The first-order valence-electron chi connectivity index (χ1n) is 2.18. The number of aliphatic imine (C=N–C) groups is 1. The Bertz CT molecular complexity index is 140. The van der Waals surface area contributed by atoms with E-state index in [4.69, 9.17) is 17.4 Å². The van der Waals surface area contributed by atoms with E-state index < -0.39 is 0 Å². The van der Waals surface area contributed by atoms with Gasteiger partial charge in [0.1, 0.15) is 11.8 Å². The van der Waals surface area contributed by atoms with Gasteiger partial charge in [-0.25, -0.2) is 5.84 Å². The second-order valence-corrected chi connectivity index (χ2v) is 1.82. The van der Waals surface area contributed by atoms with Crippen molar-refractivity contribution in [3.8, 4) is 0 Å². The number of nitrogens with two attached hydrogens (primary N) is 1. The monoisotopic (exact) mass is 131 g/mol. The van der Waals surface area contributed by atoms with Crippen LogP contribution in [0.2, 0.25) is 0 Å². The van der Waals surface area contributed by atoms with E-state index in [2.05, 4.69) is 4.99 Å². The van der Waals surface area contributed by atoms with Crippen LogP contribution in [0.25, 0.3) is 0 Å². The summed E-state index contributed by atoms with van der Waals surface area (Å²) in [5, 5.41) is 1.89. The average molecular weight is 132 g/mol. The normalized spacial score (nSPS) is 18.8. The fraction of sp³-hybridized carbons (Fsp3) is 0.250. The molecular weight excluding hydrogens is 126 g/mol. The molecule has 0 saturated heterocycles. The third kappa shape index (κ3) is 0.993. The van der Waals surface area contributed by atoms with Crippen molar-refractivity contribution in [2.45, 2.75) is 0 Å². The zero-order chi connectivity index (χ0) is 5.98. The Morgan fingerprint density at radius 2 is 2.62 bits per heavy atom. The van der Waals surface area contributed by atoms with Crippen molar-refractivity contribution in [3.05, 3.63) is 11.2 Å². The molecule has 1 aliphatic heterocycles. The summed E-state index contributed by atoms with van der Waals surface area (Å²) in [7, 11) is 0. The SMILES string of the molecule is NN1CN=CC=C1Cl. The smallest absolute Gasteiger partial charge is 0.125 e. The van der Waals surface area contributed by atoms with E-state index in [-0.39, 0.29) is 0 Å². The Kier molecular flexibility index (Phi) is 1.50. The second-order valence-electron chi connectivity index (χ2n) is 1.43. The van der Waals surface area contributed by atoms with Gasteiger partial charge in [0, 0.05) is 6.21 Å². The first-order chi connectivity index (χ1) is 3.80. The van der Waals surface area contributed by atoms with E-state index in [1.807, 2.05) is 0 Å².